The fourth-order valence-electron chi connectivity index (χ4n) is 2.82. The zero-order valence-corrected chi connectivity index (χ0v) is 13.1. The van der Waals surface area contributed by atoms with Crippen molar-refractivity contribution in [1.29, 1.82) is 0 Å². The first kappa shape index (κ1) is 15.6. The lowest BCUT2D eigenvalue weighted by molar-refractivity contribution is -0.123. The van der Waals surface area contributed by atoms with Crippen LogP contribution in [-0.2, 0) is 14.3 Å². The molecule has 0 radical (unpaired) electrons. The molecule has 2 heterocycles. The summed E-state index contributed by atoms with van der Waals surface area (Å²) in [6.07, 6.45) is -0.950. The van der Waals surface area contributed by atoms with Crippen molar-refractivity contribution in [3.63, 3.8) is 0 Å². The van der Waals surface area contributed by atoms with Crippen LogP contribution in [0.2, 0.25) is 0 Å². The molecule has 2 aliphatic rings. The Morgan fingerprint density at radius 1 is 1.30 bits per heavy atom. The first-order valence-corrected chi connectivity index (χ1v) is 7.76. The minimum Gasteiger partial charge on any atom is -0.443 e. The molecule has 7 heteroatoms. The summed E-state index contributed by atoms with van der Waals surface area (Å²) in [6.45, 7) is 5.07. The number of morpholine rings is 1. The summed E-state index contributed by atoms with van der Waals surface area (Å²) in [5.74, 6) is -0.974. The van der Waals surface area contributed by atoms with Crippen LogP contribution in [0.1, 0.15) is 6.92 Å². The average Bonchev–Trinajstić information content (AvgIpc) is 2.97. The molecule has 1 aromatic carbocycles. The van der Waals surface area contributed by atoms with Gasteiger partial charge in [0.25, 0.3) is 0 Å². The minimum absolute atomic E-state index is 0.329. The van der Waals surface area contributed by atoms with E-state index in [-0.39, 0.29) is 0 Å². The lowest BCUT2D eigenvalue weighted by Gasteiger charge is -2.29. The number of benzene rings is 1. The van der Waals surface area contributed by atoms with Crippen molar-refractivity contribution in [2.45, 2.75) is 13.0 Å². The van der Waals surface area contributed by atoms with E-state index in [0.717, 1.165) is 24.5 Å². The second-order valence-electron chi connectivity index (χ2n) is 5.84. The predicted molar refractivity (Wildman–Crippen MR) is 85.4 cm³/mol. The van der Waals surface area contributed by atoms with Crippen molar-refractivity contribution >= 4 is 23.4 Å². The van der Waals surface area contributed by atoms with Crippen molar-refractivity contribution in [3.05, 3.63) is 24.3 Å². The van der Waals surface area contributed by atoms with Crippen molar-refractivity contribution in [2.24, 2.45) is 11.7 Å². The summed E-state index contributed by atoms with van der Waals surface area (Å²) < 4.78 is 10.7. The molecule has 124 valence electrons. The number of primary amides is 1. The highest BCUT2D eigenvalue weighted by Gasteiger charge is 2.37. The monoisotopic (exact) mass is 319 g/mol. The van der Waals surface area contributed by atoms with Crippen molar-refractivity contribution < 1.29 is 19.1 Å². The second-order valence-corrected chi connectivity index (χ2v) is 5.84. The smallest absolute Gasteiger partial charge is 0.414 e. The van der Waals surface area contributed by atoms with Crippen molar-refractivity contribution in [1.82, 2.24) is 0 Å². The van der Waals surface area contributed by atoms with Gasteiger partial charge in [-0.1, -0.05) is 6.07 Å². The Bertz CT molecular complexity index is 601. The van der Waals surface area contributed by atoms with Gasteiger partial charge in [-0.25, -0.2) is 4.79 Å². The van der Waals surface area contributed by atoms with Crippen LogP contribution in [0.25, 0.3) is 0 Å². The third-order valence-electron chi connectivity index (χ3n) is 4.36. The van der Waals surface area contributed by atoms with Gasteiger partial charge in [-0.3, -0.25) is 9.69 Å². The first-order valence-electron chi connectivity index (χ1n) is 7.76. The minimum atomic E-state index is -0.508. The predicted octanol–water partition coefficient (Wildman–Crippen LogP) is 0.970. The number of hydrogen-bond donors (Lipinski definition) is 1. The van der Waals surface area contributed by atoms with E-state index in [9.17, 15) is 9.59 Å². The van der Waals surface area contributed by atoms with Gasteiger partial charge in [-0.15, -0.1) is 0 Å². The van der Waals surface area contributed by atoms with Crippen LogP contribution in [0, 0.1) is 5.92 Å². The topological polar surface area (TPSA) is 85.1 Å². The standard InChI is InChI=1S/C16H21N3O4/c1-11(15(17)20)14-10-19(16(21)23-14)13-4-2-3-12(9-13)18-5-7-22-8-6-18/h2-4,9,11,14H,5-8,10H2,1H3,(H2,17,20)/t11-,14?/m1/s1. The van der Waals surface area contributed by atoms with Gasteiger partial charge < -0.3 is 20.1 Å². The zero-order chi connectivity index (χ0) is 16.4. The lowest BCUT2D eigenvalue weighted by atomic mass is 10.0. The summed E-state index contributed by atoms with van der Waals surface area (Å²) in [7, 11) is 0. The number of nitrogens with two attached hydrogens (primary N) is 1. The van der Waals surface area contributed by atoms with Gasteiger partial charge in [-0.2, -0.15) is 0 Å². The number of nitrogens with zero attached hydrogens (tertiary/aromatic N) is 2. The molecule has 0 bridgehead atoms. The Balaban J connectivity index is 1.76. The van der Waals surface area contributed by atoms with E-state index in [2.05, 4.69) is 4.90 Å². The molecule has 2 N–H and O–H groups in total. The number of ether oxygens (including phenoxy) is 2. The number of hydrogen-bond acceptors (Lipinski definition) is 5. The Morgan fingerprint density at radius 2 is 2.00 bits per heavy atom. The summed E-state index contributed by atoms with van der Waals surface area (Å²) >= 11 is 0. The number of amides is 2. The summed E-state index contributed by atoms with van der Waals surface area (Å²) in [5.41, 5.74) is 7.11. The van der Waals surface area contributed by atoms with Crippen LogP contribution >= 0.6 is 0 Å². The van der Waals surface area contributed by atoms with E-state index in [4.69, 9.17) is 15.2 Å². The molecule has 2 saturated heterocycles. The van der Waals surface area contributed by atoms with E-state index < -0.39 is 24.0 Å². The first-order chi connectivity index (χ1) is 11.1. The molecule has 1 unspecified atom stereocenters. The average molecular weight is 319 g/mol. The highest BCUT2D eigenvalue weighted by atomic mass is 16.6. The zero-order valence-electron chi connectivity index (χ0n) is 13.1. The molecular formula is C16H21N3O4. The third kappa shape index (κ3) is 3.24. The number of rotatable bonds is 4. The van der Waals surface area contributed by atoms with E-state index in [1.165, 1.54) is 0 Å². The molecule has 7 nitrogen and oxygen atoms in total. The van der Waals surface area contributed by atoms with Crippen LogP contribution in [0.5, 0.6) is 0 Å². The second kappa shape index (κ2) is 6.45. The highest BCUT2D eigenvalue weighted by Crippen LogP contribution is 2.28. The molecule has 0 saturated carbocycles. The summed E-state index contributed by atoms with van der Waals surface area (Å²) in [4.78, 5) is 27.2. The Kier molecular flexibility index (Phi) is 4.38. The third-order valence-corrected chi connectivity index (χ3v) is 4.36. The van der Waals surface area contributed by atoms with E-state index in [0.29, 0.717) is 19.8 Å². The largest absolute Gasteiger partial charge is 0.443 e. The molecule has 0 spiro atoms. The van der Waals surface area contributed by atoms with E-state index in [1.807, 2.05) is 24.3 Å². The number of carbonyl (C=O) groups is 2. The molecule has 3 rings (SSSR count). The Hall–Kier alpha value is -2.28. The molecule has 2 aliphatic heterocycles. The molecule has 2 fully saturated rings. The van der Waals surface area contributed by atoms with Crippen LogP contribution in [0.3, 0.4) is 0 Å². The van der Waals surface area contributed by atoms with Crippen molar-refractivity contribution in [2.75, 3.05) is 42.6 Å². The fraction of sp³-hybridized carbons (Fsp3) is 0.500. The highest BCUT2D eigenvalue weighted by molar-refractivity contribution is 5.91. The van der Waals surface area contributed by atoms with Gasteiger partial charge >= 0.3 is 6.09 Å². The molecule has 1 aromatic rings. The molecule has 23 heavy (non-hydrogen) atoms. The maximum atomic E-state index is 12.1. The quantitative estimate of drug-likeness (QED) is 0.894. The molecule has 2 atom stereocenters. The molecule has 0 aliphatic carbocycles. The van der Waals surface area contributed by atoms with Gasteiger partial charge in [0.05, 0.1) is 25.7 Å². The van der Waals surface area contributed by atoms with Gasteiger partial charge in [0, 0.05) is 24.5 Å². The Morgan fingerprint density at radius 3 is 2.70 bits per heavy atom. The van der Waals surface area contributed by atoms with Crippen LogP contribution in [0.4, 0.5) is 16.2 Å². The van der Waals surface area contributed by atoms with Crippen LogP contribution < -0.4 is 15.5 Å². The maximum Gasteiger partial charge on any atom is 0.414 e. The fourth-order valence-corrected chi connectivity index (χ4v) is 2.82. The van der Waals surface area contributed by atoms with Crippen molar-refractivity contribution in [3.8, 4) is 0 Å². The summed E-state index contributed by atoms with van der Waals surface area (Å²) in [6, 6.07) is 7.75. The van der Waals surface area contributed by atoms with Gasteiger partial charge in [0.1, 0.15) is 6.10 Å². The SMILES string of the molecule is C[C@@H](C(N)=O)C1CN(c2cccc(N3CCOCC3)c2)C(=O)O1. The van der Waals surface area contributed by atoms with Gasteiger partial charge in [-0.05, 0) is 25.1 Å². The molecule has 0 aromatic heterocycles. The van der Waals surface area contributed by atoms with Crippen LogP contribution in [-0.4, -0.2) is 51.0 Å². The maximum absolute atomic E-state index is 12.1. The van der Waals surface area contributed by atoms with E-state index >= 15 is 0 Å². The summed E-state index contributed by atoms with van der Waals surface area (Å²) in [5, 5.41) is 0. The van der Waals surface area contributed by atoms with Gasteiger partial charge in [0.15, 0.2) is 0 Å². The number of carbonyl (C=O) groups excluding carboxylic acids is 2. The van der Waals surface area contributed by atoms with Gasteiger partial charge in [0.2, 0.25) is 5.91 Å². The van der Waals surface area contributed by atoms with Crippen LogP contribution in [0.15, 0.2) is 24.3 Å². The number of cyclic esters (lactones) is 1. The lowest BCUT2D eigenvalue weighted by Crippen LogP contribution is -2.36. The normalized spacial score (nSPS) is 22.8. The van der Waals surface area contributed by atoms with E-state index in [1.54, 1.807) is 11.8 Å². The molecular weight excluding hydrogens is 298 g/mol. The Labute approximate surface area is 134 Å². The molecule has 2 amide bonds. The number of anilines is 2.